The number of carbonyl (C=O) groups excluding carboxylic acids is 2. The fourth-order valence-corrected chi connectivity index (χ4v) is 2.85. The van der Waals surface area contributed by atoms with Crippen LogP contribution in [0, 0.1) is 0 Å². The summed E-state index contributed by atoms with van der Waals surface area (Å²) in [7, 11) is 4.07. The van der Waals surface area contributed by atoms with Crippen LogP contribution >= 0.6 is 11.8 Å². The van der Waals surface area contributed by atoms with E-state index in [-0.39, 0.29) is 11.1 Å². The molecule has 0 aliphatic rings. The summed E-state index contributed by atoms with van der Waals surface area (Å²) in [6.45, 7) is 1.59. The van der Waals surface area contributed by atoms with Crippen LogP contribution in [-0.2, 0) is 12.3 Å². The minimum atomic E-state index is -0.538. The molecule has 1 aromatic carbocycles. The molecule has 0 atom stereocenters. The van der Waals surface area contributed by atoms with Gasteiger partial charge in [-0.2, -0.15) is 11.8 Å². The molecule has 0 fully saturated rings. The Hall–Kier alpha value is -2.37. The molecule has 10 heteroatoms. The number of hydrogen-bond acceptors (Lipinski definition) is 8. The second-order valence-corrected chi connectivity index (χ2v) is 7.04. The number of rotatable bonds is 8. The Morgan fingerprint density at radius 2 is 1.54 bits per heavy atom. The lowest BCUT2D eigenvalue weighted by molar-refractivity contribution is 0.0919. The summed E-state index contributed by atoms with van der Waals surface area (Å²) in [6.07, 6.45) is 0. The first-order chi connectivity index (χ1) is 13.4. The largest absolute Gasteiger partial charge is 0.464 e. The molecule has 2 amide bonds. The summed E-state index contributed by atoms with van der Waals surface area (Å²) in [5.74, 6) is 12.8. The number of thioether (sulfide) groups is 1. The van der Waals surface area contributed by atoms with Crippen molar-refractivity contribution in [2.24, 2.45) is 17.4 Å². The Balaban J connectivity index is 0.000000280. The maximum absolute atomic E-state index is 11.2. The molecule has 0 radical (unpaired) electrons. The number of carbonyl (C=O) groups is 2. The van der Waals surface area contributed by atoms with Gasteiger partial charge in [-0.15, -0.1) is 0 Å². The summed E-state index contributed by atoms with van der Waals surface area (Å²) in [6, 6.07) is 10.3. The number of amides is 2. The number of nitrogens with two attached hydrogens (primary N) is 3. The molecule has 0 spiro atoms. The van der Waals surface area contributed by atoms with E-state index in [0.717, 1.165) is 36.1 Å². The first-order valence-electron chi connectivity index (χ1n) is 8.54. The second-order valence-electron chi connectivity index (χ2n) is 5.94. The molecule has 0 saturated heterocycles. The van der Waals surface area contributed by atoms with Gasteiger partial charge in [0.15, 0.2) is 0 Å². The smallest absolute Gasteiger partial charge is 0.265 e. The van der Waals surface area contributed by atoms with E-state index in [1.165, 1.54) is 12.1 Å². The molecule has 1 aromatic heterocycles. The first kappa shape index (κ1) is 23.7. The van der Waals surface area contributed by atoms with Gasteiger partial charge < -0.3 is 15.1 Å². The van der Waals surface area contributed by atoms with Crippen LogP contribution in [0.5, 0.6) is 0 Å². The lowest BCUT2D eigenvalue weighted by Crippen LogP contribution is -2.35. The van der Waals surface area contributed by atoms with Gasteiger partial charge in [0, 0.05) is 12.3 Å². The number of nitrogens with zero attached hydrogens (tertiary/aromatic N) is 1. The second kappa shape index (κ2) is 12.9. The molecule has 2 rings (SSSR count). The van der Waals surface area contributed by atoms with E-state index in [1.807, 2.05) is 37.1 Å². The fourth-order valence-electron chi connectivity index (χ4n) is 2.19. The molecule has 0 aliphatic heterocycles. The van der Waals surface area contributed by atoms with Gasteiger partial charge in [0.25, 0.3) is 11.8 Å². The van der Waals surface area contributed by atoms with Gasteiger partial charge >= 0.3 is 0 Å². The molecule has 0 unspecified atom stereocenters. The van der Waals surface area contributed by atoms with Crippen molar-refractivity contribution < 1.29 is 14.0 Å². The summed E-state index contributed by atoms with van der Waals surface area (Å²) >= 11 is 1.81. The highest BCUT2D eigenvalue weighted by Gasteiger charge is 2.14. The zero-order chi connectivity index (χ0) is 20.9. The highest BCUT2D eigenvalue weighted by atomic mass is 32.2. The van der Waals surface area contributed by atoms with Crippen LogP contribution in [0.15, 0.2) is 40.8 Å². The zero-order valence-corrected chi connectivity index (χ0v) is 16.9. The van der Waals surface area contributed by atoms with E-state index in [1.54, 1.807) is 23.9 Å². The molecule has 1 heterocycles. The number of nitrogens with one attached hydrogen (secondary N) is 2. The van der Waals surface area contributed by atoms with Gasteiger partial charge in [-0.25, -0.2) is 11.7 Å². The molecular formula is C18H28N6O3S. The molecule has 9 nitrogen and oxygen atoms in total. The van der Waals surface area contributed by atoms with Gasteiger partial charge in [0.1, 0.15) is 11.5 Å². The summed E-state index contributed by atoms with van der Waals surface area (Å²) < 4.78 is 5.64. The molecule has 154 valence electrons. The fraction of sp³-hybridized carbons (Fsp3) is 0.333. The van der Waals surface area contributed by atoms with E-state index >= 15 is 0 Å². The van der Waals surface area contributed by atoms with Crippen LogP contribution in [-0.4, -0.2) is 43.1 Å². The minimum Gasteiger partial charge on any atom is -0.464 e. The van der Waals surface area contributed by atoms with Crippen molar-refractivity contribution in [1.29, 1.82) is 0 Å². The van der Waals surface area contributed by atoms with Gasteiger partial charge in [0.05, 0.1) is 23.4 Å². The summed E-state index contributed by atoms with van der Waals surface area (Å²) in [5.41, 5.74) is 9.64. The van der Waals surface area contributed by atoms with E-state index in [2.05, 4.69) is 4.90 Å². The van der Waals surface area contributed by atoms with Crippen molar-refractivity contribution in [1.82, 2.24) is 15.8 Å². The highest BCUT2D eigenvalue weighted by Crippen LogP contribution is 2.15. The third-order valence-electron chi connectivity index (χ3n) is 3.37. The topological polar surface area (TPSA) is 153 Å². The summed E-state index contributed by atoms with van der Waals surface area (Å²) in [5, 5.41) is 0. The van der Waals surface area contributed by atoms with E-state index < -0.39 is 11.8 Å². The van der Waals surface area contributed by atoms with Gasteiger partial charge in [0.2, 0.25) is 0 Å². The Kier molecular flexibility index (Phi) is 10.9. The predicted octanol–water partition coefficient (Wildman–Crippen LogP) is 0.427. The maximum Gasteiger partial charge on any atom is 0.265 e. The van der Waals surface area contributed by atoms with Gasteiger partial charge in [-0.3, -0.25) is 20.4 Å². The highest BCUT2D eigenvalue weighted by molar-refractivity contribution is 7.98. The molecule has 0 saturated carbocycles. The third-order valence-corrected chi connectivity index (χ3v) is 4.39. The molecule has 0 aliphatic carbocycles. The number of hydrazine groups is 2. The van der Waals surface area contributed by atoms with Gasteiger partial charge in [-0.1, -0.05) is 12.1 Å². The monoisotopic (exact) mass is 408 g/mol. The normalized spacial score (nSPS) is 10.2. The van der Waals surface area contributed by atoms with Crippen LogP contribution in [0.25, 0.3) is 0 Å². The number of nitrogen functional groups attached to an aromatic ring is 2. The van der Waals surface area contributed by atoms with E-state index in [4.69, 9.17) is 21.8 Å². The van der Waals surface area contributed by atoms with Crippen molar-refractivity contribution in [2.75, 3.05) is 26.4 Å². The summed E-state index contributed by atoms with van der Waals surface area (Å²) in [4.78, 5) is 24.5. The zero-order valence-electron chi connectivity index (χ0n) is 16.1. The van der Waals surface area contributed by atoms with E-state index in [0.29, 0.717) is 0 Å². The standard InChI is InChI=1S/C10H18N2OS.C8H10N4O2/c1-12(2)7-9-3-4-10(13-9)8-14-6-5-11;9-11-7(13)5-3-1-2-4-6(5)8(14)12-10/h3-4H,5-8,11H2,1-2H3;1-4H,9-10H2,(H,11,13)(H,12,14). The van der Waals surface area contributed by atoms with Crippen molar-refractivity contribution in [2.45, 2.75) is 12.3 Å². The first-order valence-corrected chi connectivity index (χ1v) is 9.69. The maximum atomic E-state index is 11.2. The Labute approximate surface area is 168 Å². The molecule has 0 bridgehead atoms. The average molecular weight is 409 g/mol. The van der Waals surface area contributed by atoms with Crippen LogP contribution < -0.4 is 28.3 Å². The average Bonchev–Trinajstić information content (AvgIpc) is 3.14. The quantitative estimate of drug-likeness (QED) is 0.182. The number of hydrogen-bond donors (Lipinski definition) is 5. The molecular weight excluding hydrogens is 380 g/mol. The van der Waals surface area contributed by atoms with Crippen LogP contribution in [0.3, 0.4) is 0 Å². The van der Waals surface area contributed by atoms with Crippen molar-refractivity contribution in [3.8, 4) is 0 Å². The minimum absolute atomic E-state index is 0.179. The van der Waals surface area contributed by atoms with Crippen molar-refractivity contribution in [3.05, 3.63) is 59.0 Å². The molecule has 28 heavy (non-hydrogen) atoms. The lowest BCUT2D eigenvalue weighted by atomic mass is 10.1. The SMILES string of the molecule is CN(C)Cc1ccc(CSCCN)o1.NNC(=O)c1ccccc1C(=O)NN. The Morgan fingerprint density at radius 3 is 2.00 bits per heavy atom. The predicted molar refractivity (Wildman–Crippen MR) is 111 cm³/mol. The Morgan fingerprint density at radius 1 is 1.00 bits per heavy atom. The van der Waals surface area contributed by atoms with Crippen LogP contribution in [0.4, 0.5) is 0 Å². The molecule has 8 N–H and O–H groups in total. The van der Waals surface area contributed by atoms with Gasteiger partial charge in [-0.05, 0) is 38.4 Å². The van der Waals surface area contributed by atoms with Crippen molar-refractivity contribution >= 4 is 23.6 Å². The van der Waals surface area contributed by atoms with E-state index in [9.17, 15) is 9.59 Å². The Bertz CT molecular complexity index is 715. The third kappa shape index (κ3) is 8.11. The van der Waals surface area contributed by atoms with Crippen LogP contribution in [0.1, 0.15) is 32.2 Å². The lowest BCUT2D eigenvalue weighted by Gasteiger charge is -2.05. The van der Waals surface area contributed by atoms with Crippen LogP contribution in [0.2, 0.25) is 0 Å². The molecule has 2 aromatic rings. The van der Waals surface area contributed by atoms with Crippen molar-refractivity contribution in [3.63, 3.8) is 0 Å². The number of benzene rings is 1. The number of furan rings is 1.